The van der Waals surface area contributed by atoms with Gasteiger partial charge in [0.1, 0.15) is 10.7 Å². The summed E-state index contributed by atoms with van der Waals surface area (Å²) in [6.07, 6.45) is 3.19. The third-order valence-electron chi connectivity index (χ3n) is 3.31. The molecule has 0 amide bonds. The molecule has 112 valence electrons. The molecule has 1 aromatic heterocycles. The van der Waals surface area contributed by atoms with Gasteiger partial charge in [-0.05, 0) is 25.0 Å². The first kappa shape index (κ1) is 15.2. The molecule has 0 saturated carbocycles. The summed E-state index contributed by atoms with van der Waals surface area (Å²) in [7, 11) is -3.54. The minimum atomic E-state index is -3.54. The molecule has 1 saturated heterocycles. The molecular weight excluding hydrogens is 280 g/mol. The standard InChI is InChI=1S/C12H20N4O3S/c1-2-16(9-10-4-3-7-19-10)20(17,18)11-5-6-12(15-13)14-8-11/h5-6,8,10H,2-4,7,9,13H2,1H3,(H,14,15). The van der Waals surface area contributed by atoms with E-state index in [0.29, 0.717) is 25.5 Å². The molecule has 0 spiro atoms. The summed E-state index contributed by atoms with van der Waals surface area (Å²) < 4.78 is 32.0. The van der Waals surface area contributed by atoms with Gasteiger partial charge < -0.3 is 10.2 Å². The Morgan fingerprint density at radius 1 is 1.55 bits per heavy atom. The van der Waals surface area contributed by atoms with Crippen LogP contribution in [0.2, 0.25) is 0 Å². The maximum absolute atomic E-state index is 12.5. The summed E-state index contributed by atoms with van der Waals surface area (Å²) in [4.78, 5) is 4.10. The number of likely N-dealkylation sites (N-methyl/N-ethyl adjacent to an activating group) is 1. The molecule has 1 unspecified atom stereocenters. The molecule has 1 fully saturated rings. The maximum Gasteiger partial charge on any atom is 0.244 e. The van der Waals surface area contributed by atoms with Crippen molar-refractivity contribution >= 4 is 15.8 Å². The van der Waals surface area contributed by atoms with Crippen LogP contribution in [-0.2, 0) is 14.8 Å². The number of rotatable bonds is 6. The van der Waals surface area contributed by atoms with Crippen LogP contribution in [0.4, 0.5) is 5.82 Å². The van der Waals surface area contributed by atoms with E-state index in [4.69, 9.17) is 10.6 Å². The molecule has 8 heteroatoms. The van der Waals surface area contributed by atoms with Crippen LogP contribution in [0.25, 0.3) is 0 Å². The number of hydrogen-bond donors (Lipinski definition) is 2. The quantitative estimate of drug-likeness (QED) is 0.588. The predicted molar refractivity (Wildman–Crippen MR) is 75.5 cm³/mol. The van der Waals surface area contributed by atoms with E-state index in [1.807, 2.05) is 6.92 Å². The van der Waals surface area contributed by atoms with Gasteiger partial charge in [-0.2, -0.15) is 4.31 Å². The second-order valence-corrected chi connectivity index (χ2v) is 6.55. The van der Waals surface area contributed by atoms with Crippen LogP contribution in [0.1, 0.15) is 19.8 Å². The van der Waals surface area contributed by atoms with Gasteiger partial charge in [-0.25, -0.2) is 19.2 Å². The van der Waals surface area contributed by atoms with E-state index in [0.717, 1.165) is 12.8 Å². The highest BCUT2D eigenvalue weighted by Crippen LogP contribution is 2.20. The first-order chi connectivity index (χ1) is 9.57. The summed E-state index contributed by atoms with van der Waals surface area (Å²) in [5.74, 6) is 5.64. The van der Waals surface area contributed by atoms with Crippen LogP contribution in [0.15, 0.2) is 23.2 Å². The third kappa shape index (κ3) is 3.26. The molecule has 1 aromatic rings. The van der Waals surface area contributed by atoms with Crippen LogP contribution in [0, 0.1) is 0 Å². The lowest BCUT2D eigenvalue weighted by atomic mass is 10.2. The Kier molecular flexibility index (Phi) is 4.92. The molecule has 2 heterocycles. The van der Waals surface area contributed by atoms with E-state index in [2.05, 4.69) is 10.4 Å². The molecule has 7 nitrogen and oxygen atoms in total. The largest absolute Gasteiger partial charge is 0.377 e. The van der Waals surface area contributed by atoms with Crippen molar-refractivity contribution in [3.05, 3.63) is 18.3 Å². The minimum absolute atomic E-state index is 0.0114. The molecule has 1 aliphatic rings. The van der Waals surface area contributed by atoms with Crippen LogP contribution in [0.5, 0.6) is 0 Å². The molecule has 1 atom stereocenters. The molecule has 0 bridgehead atoms. The molecular formula is C12H20N4O3S. The topological polar surface area (TPSA) is 97.5 Å². The average Bonchev–Trinajstić information content (AvgIpc) is 2.97. The fourth-order valence-corrected chi connectivity index (χ4v) is 3.61. The van der Waals surface area contributed by atoms with Gasteiger partial charge in [-0.1, -0.05) is 6.92 Å². The fourth-order valence-electron chi connectivity index (χ4n) is 2.18. The van der Waals surface area contributed by atoms with Gasteiger partial charge in [0.25, 0.3) is 0 Å². The summed E-state index contributed by atoms with van der Waals surface area (Å²) in [6, 6.07) is 3.03. The molecule has 0 radical (unpaired) electrons. The second kappa shape index (κ2) is 6.49. The van der Waals surface area contributed by atoms with Crippen molar-refractivity contribution in [1.29, 1.82) is 0 Å². The zero-order chi connectivity index (χ0) is 14.6. The molecule has 20 heavy (non-hydrogen) atoms. The van der Waals surface area contributed by atoms with Crippen LogP contribution < -0.4 is 11.3 Å². The van der Waals surface area contributed by atoms with Crippen molar-refractivity contribution in [2.24, 2.45) is 5.84 Å². The Morgan fingerprint density at radius 2 is 2.35 bits per heavy atom. The van der Waals surface area contributed by atoms with E-state index in [1.54, 1.807) is 0 Å². The zero-order valence-electron chi connectivity index (χ0n) is 11.4. The van der Waals surface area contributed by atoms with Gasteiger partial charge in [0, 0.05) is 25.9 Å². The Morgan fingerprint density at radius 3 is 2.85 bits per heavy atom. The van der Waals surface area contributed by atoms with E-state index < -0.39 is 10.0 Å². The fraction of sp³-hybridized carbons (Fsp3) is 0.583. The minimum Gasteiger partial charge on any atom is -0.377 e. The number of anilines is 1. The number of aromatic nitrogens is 1. The highest BCUT2D eigenvalue weighted by atomic mass is 32.2. The smallest absolute Gasteiger partial charge is 0.244 e. The normalized spacial score (nSPS) is 19.4. The number of nitrogens with zero attached hydrogens (tertiary/aromatic N) is 2. The Hall–Kier alpha value is -1.22. The maximum atomic E-state index is 12.5. The lowest BCUT2D eigenvalue weighted by Crippen LogP contribution is -2.37. The molecule has 2 rings (SSSR count). The molecule has 0 aromatic carbocycles. The van der Waals surface area contributed by atoms with E-state index >= 15 is 0 Å². The molecule has 3 N–H and O–H groups in total. The number of sulfonamides is 1. The molecule has 1 aliphatic heterocycles. The van der Waals surface area contributed by atoms with Crippen LogP contribution >= 0.6 is 0 Å². The van der Waals surface area contributed by atoms with Gasteiger partial charge in [0.05, 0.1) is 6.10 Å². The number of nitrogens with two attached hydrogens (primary N) is 1. The van der Waals surface area contributed by atoms with Gasteiger partial charge in [0.15, 0.2) is 0 Å². The van der Waals surface area contributed by atoms with Crippen molar-refractivity contribution in [1.82, 2.24) is 9.29 Å². The number of nitrogen functional groups attached to an aromatic ring is 1. The lowest BCUT2D eigenvalue weighted by Gasteiger charge is -2.23. The van der Waals surface area contributed by atoms with E-state index in [1.165, 1.54) is 22.6 Å². The van der Waals surface area contributed by atoms with E-state index in [-0.39, 0.29) is 11.0 Å². The first-order valence-electron chi connectivity index (χ1n) is 6.62. The Balaban J connectivity index is 2.16. The number of hydrogen-bond acceptors (Lipinski definition) is 6. The summed E-state index contributed by atoms with van der Waals surface area (Å²) in [5.41, 5.74) is 2.37. The monoisotopic (exact) mass is 300 g/mol. The third-order valence-corrected chi connectivity index (χ3v) is 5.23. The first-order valence-corrected chi connectivity index (χ1v) is 8.06. The van der Waals surface area contributed by atoms with E-state index in [9.17, 15) is 8.42 Å². The number of pyridine rings is 1. The lowest BCUT2D eigenvalue weighted by molar-refractivity contribution is 0.0947. The SMILES string of the molecule is CCN(CC1CCCO1)S(=O)(=O)c1ccc(NN)nc1. The Bertz CT molecular complexity index is 526. The van der Waals surface area contributed by atoms with Crippen molar-refractivity contribution in [2.45, 2.75) is 30.8 Å². The van der Waals surface area contributed by atoms with Gasteiger partial charge in [-0.15, -0.1) is 0 Å². The molecule has 0 aliphatic carbocycles. The van der Waals surface area contributed by atoms with Crippen molar-refractivity contribution in [2.75, 3.05) is 25.1 Å². The summed E-state index contributed by atoms with van der Waals surface area (Å²) in [6.45, 7) is 3.31. The highest BCUT2D eigenvalue weighted by Gasteiger charge is 2.28. The van der Waals surface area contributed by atoms with Crippen molar-refractivity contribution in [3.8, 4) is 0 Å². The van der Waals surface area contributed by atoms with Crippen LogP contribution in [-0.4, -0.2) is 43.5 Å². The number of ether oxygens (including phenoxy) is 1. The highest BCUT2D eigenvalue weighted by molar-refractivity contribution is 7.89. The predicted octanol–water partition coefficient (Wildman–Crippen LogP) is 0.557. The Labute approximate surface area is 119 Å². The van der Waals surface area contributed by atoms with Crippen molar-refractivity contribution < 1.29 is 13.2 Å². The van der Waals surface area contributed by atoms with Crippen molar-refractivity contribution in [3.63, 3.8) is 0 Å². The summed E-state index contributed by atoms with van der Waals surface area (Å²) in [5, 5.41) is 0. The van der Waals surface area contributed by atoms with Crippen LogP contribution in [0.3, 0.4) is 0 Å². The second-order valence-electron chi connectivity index (χ2n) is 4.61. The van der Waals surface area contributed by atoms with Gasteiger partial charge in [0.2, 0.25) is 10.0 Å². The number of hydrazine groups is 1. The number of nitrogens with one attached hydrogen (secondary N) is 1. The average molecular weight is 300 g/mol. The van der Waals surface area contributed by atoms with Gasteiger partial charge >= 0.3 is 0 Å². The zero-order valence-corrected chi connectivity index (χ0v) is 12.3. The summed E-state index contributed by atoms with van der Waals surface area (Å²) >= 11 is 0. The van der Waals surface area contributed by atoms with Gasteiger partial charge in [-0.3, -0.25) is 0 Å².